The van der Waals surface area contributed by atoms with E-state index in [0.29, 0.717) is 31.1 Å². The van der Waals surface area contributed by atoms with E-state index in [1.807, 2.05) is 12.2 Å². The maximum Gasteiger partial charge on any atom is 0.408 e. The first-order chi connectivity index (χ1) is 32.2. The molecule has 2 aliphatic carbocycles. The van der Waals surface area contributed by atoms with Crippen LogP contribution in [0.1, 0.15) is 119 Å². The third-order valence-electron chi connectivity index (χ3n) is 10.5. The second-order valence-electron chi connectivity index (χ2n) is 18.7. The van der Waals surface area contributed by atoms with Crippen molar-refractivity contribution < 1.29 is 60.1 Å². The van der Waals surface area contributed by atoms with E-state index in [2.05, 4.69) is 41.7 Å². The lowest BCUT2D eigenvalue weighted by molar-refractivity contribution is -0.141. The molecule has 0 bridgehead atoms. The van der Waals surface area contributed by atoms with E-state index in [-0.39, 0.29) is 22.1 Å². The number of carboxylic acid groups (broad SMARTS) is 1. The number of amides is 3. The first-order valence-corrected chi connectivity index (χ1v) is 26.0. The zero-order valence-electron chi connectivity index (χ0n) is 41.1. The van der Waals surface area contributed by atoms with E-state index in [0.717, 1.165) is 64.2 Å². The molecule has 0 aliphatic heterocycles. The molecule has 2 fully saturated rings. The van der Waals surface area contributed by atoms with E-state index < -0.39 is 72.3 Å². The normalized spacial score (nSPS) is 19.2. The number of hydrogen-bond acceptors (Lipinski definition) is 12. The van der Waals surface area contributed by atoms with Crippen LogP contribution in [0, 0.1) is 11.8 Å². The van der Waals surface area contributed by atoms with Crippen LogP contribution in [0.4, 0.5) is 9.59 Å². The Bertz CT molecular complexity index is 2310. The van der Waals surface area contributed by atoms with E-state index in [9.17, 15) is 36.0 Å². The molecule has 4 rings (SSSR count). The van der Waals surface area contributed by atoms with Gasteiger partial charge < -0.3 is 34.7 Å². The minimum atomic E-state index is -4.19. The van der Waals surface area contributed by atoms with Gasteiger partial charge in [-0.25, -0.2) is 41.1 Å². The van der Waals surface area contributed by atoms with Gasteiger partial charge in [0, 0.05) is 24.0 Å². The SMILES string of the molecule is C=CCCCCCCOc1cccc(S(=O)(=O)NC(=O)[C@@]2(NC(=O)OC(C)(C)C)C[C@H]2C=C)c1.C=CCCCCCCOc1cccc(S(N)(=O)=O)c1.C=C[C@@H]1C[C@]1(NC(=O)OC(C)(C)C)C(=O)O. The molecule has 384 valence electrons. The second kappa shape index (κ2) is 26.9. The zero-order chi connectivity index (χ0) is 52.1. The van der Waals surface area contributed by atoms with Crippen LogP contribution in [0.3, 0.4) is 0 Å². The molecular weight excluding hydrogens is 929 g/mol. The topological polar surface area (TPSA) is 256 Å². The van der Waals surface area contributed by atoms with Crippen molar-refractivity contribution in [1.82, 2.24) is 15.4 Å². The molecule has 19 heteroatoms. The smallest absolute Gasteiger partial charge is 0.408 e. The number of allylic oxidation sites excluding steroid dienone is 2. The number of carbonyl (C=O) groups excluding carboxylic acids is 3. The van der Waals surface area contributed by atoms with Crippen LogP contribution in [0.25, 0.3) is 0 Å². The number of carboxylic acids is 1. The minimum absolute atomic E-state index is 0.0796. The molecule has 2 aromatic rings. The molecule has 2 aliphatic rings. The summed E-state index contributed by atoms with van der Waals surface area (Å²) < 4.78 is 71.6. The van der Waals surface area contributed by atoms with Crippen molar-refractivity contribution in [2.75, 3.05) is 13.2 Å². The number of unbranched alkanes of at least 4 members (excludes halogenated alkanes) is 8. The predicted octanol–water partition coefficient (Wildman–Crippen LogP) is 8.87. The van der Waals surface area contributed by atoms with E-state index in [1.54, 1.807) is 65.8 Å². The third-order valence-corrected chi connectivity index (χ3v) is 12.7. The molecule has 4 atom stereocenters. The fraction of sp³-hybridized carbons (Fsp3) is 0.520. The van der Waals surface area contributed by atoms with Crippen LogP contribution in [0.5, 0.6) is 11.5 Å². The summed E-state index contributed by atoms with van der Waals surface area (Å²) in [5.41, 5.74) is -4.04. The zero-order valence-corrected chi connectivity index (χ0v) is 42.7. The van der Waals surface area contributed by atoms with Crippen molar-refractivity contribution in [1.29, 1.82) is 0 Å². The number of nitrogens with one attached hydrogen (secondary N) is 3. The van der Waals surface area contributed by atoms with Crippen LogP contribution in [0.15, 0.2) is 109 Å². The fourth-order valence-electron chi connectivity index (χ4n) is 6.63. The summed E-state index contributed by atoms with van der Waals surface area (Å²) in [7, 11) is -7.85. The Morgan fingerprint density at radius 3 is 1.46 bits per heavy atom. The lowest BCUT2D eigenvalue weighted by Crippen LogP contribution is -2.52. The molecular formula is C50H74N4O13S2. The lowest BCUT2D eigenvalue weighted by Gasteiger charge is -2.23. The summed E-state index contributed by atoms with van der Waals surface area (Å²) in [6.45, 7) is 25.9. The van der Waals surface area contributed by atoms with Crippen molar-refractivity contribution in [3.63, 3.8) is 0 Å². The summed E-state index contributed by atoms with van der Waals surface area (Å²) in [5, 5.41) is 19.0. The Balaban J connectivity index is 0.000000392. The monoisotopic (exact) mass is 1000 g/mol. The summed E-state index contributed by atoms with van der Waals surface area (Å²) in [5.74, 6) is -1.58. The number of sulfonamides is 2. The van der Waals surface area contributed by atoms with Gasteiger partial charge in [0.1, 0.15) is 33.8 Å². The Labute approximate surface area is 409 Å². The van der Waals surface area contributed by atoms with E-state index in [4.69, 9.17) is 29.2 Å². The quantitative estimate of drug-likeness (QED) is 0.0461. The Morgan fingerprint density at radius 1 is 0.667 bits per heavy atom. The molecule has 0 saturated heterocycles. The van der Waals surface area contributed by atoms with Crippen LogP contribution in [-0.4, -0.2) is 81.5 Å². The van der Waals surface area contributed by atoms with E-state index >= 15 is 0 Å². The molecule has 2 aromatic carbocycles. The molecule has 0 radical (unpaired) electrons. The molecule has 3 amide bonds. The van der Waals surface area contributed by atoms with Crippen molar-refractivity contribution in [3.05, 3.63) is 99.2 Å². The van der Waals surface area contributed by atoms with Crippen LogP contribution in [0.2, 0.25) is 0 Å². The Morgan fingerprint density at radius 2 is 1.07 bits per heavy atom. The number of rotatable bonds is 25. The first-order valence-electron chi connectivity index (χ1n) is 23.0. The predicted molar refractivity (Wildman–Crippen MR) is 266 cm³/mol. The van der Waals surface area contributed by atoms with Gasteiger partial charge in [-0.05, 0) is 117 Å². The fourth-order valence-corrected chi connectivity index (χ4v) is 8.26. The Hall–Kier alpha value is -5.66. The highest BCUT2D eigenvalue weighted by atomic mass is 32.2. The maximum atomic E-state index is 12.9. The molecule has 17 nitrogen and oxygen atoms in total. The van der Waals surface area contributed by atoms with Crippen molar-refractivity contribution in [2.24, 2.45) is 17.0 Å². The maximum absolute atomic E-state index is 12.9. The molecule has 69 heavy (non-hydrogen) atoms. The molecule has 6 N–H and O–H groups in total. The van der Waals surface area contributed by atoms with Gasteiger partial charge in [0.15, 0.2) is 0 Å². The number of alkyl carbamates (subject to hydrolysis) is 2. The summed E-state index contributed by atoms with van der Waals surface area (Å²) in [4.78, 5) is 47.6. The molecule has 0 heterocycles. The number of primary sulfonamides is 1. The molecule has 0 spiro atoms. The van der Waals surface area contributed by atoms with Gasteiger partial charge in [-0.15, -0.1) is 26.3 Å². The lowest BCUT2D eigenvalue weighted by atomic mass is 10.1. The Kier molecular flexibility index (Phi) is 23.2. The van der Waals surface area contributed by atoms with Crippen molar-refractivity contribution >= 4 is 44.1 Å². The van der Waals surface area contributed by atoms with Gasteiger partial charge in [0.2, 0.25) is 10.0 Å². The van der Waals surface area contributed by atoms with Crippen LogP contribution in [-0.2, 0) is 39.1 Å². The number of carbonyl (C=O) groups is 4. The standard InChI is InChI=1S/C25H36N2O6S.C14H21NO3S.C11H17NO4/c1-6-8-9-10-11-12-16-32-20-14-13-15-21(17-20)34(30,31)27-22(28)25(18-19(25)7-2)26-23(29)33-24(3,4)5;1-2-3-4-5-6-7-11-18-13-9-8-10-14(12-13)19(15,16)17;1-5-7-6-11(7,8(13)14)12-9(15)16-10(2,3)4/h6-7,13-15,17,19H,1-2,8-12,16,18H2,3-5H3,(H,26,29)(H,27,28);2,8-10,12H,1,3-7,11H2,(H2,15,16,17);5,7H,1,6H2,2-4H3,(H,12,15)(H,13,14)/t19-,25-;;7-,11-/m1.1/s1. The second-order valence-corrected chi connectivity index (χ2v) is 21.9. The van der Waals surface area contributed by atoms with Crippen molar-refractivity contribution in [2.45, 2.75) is 151 Å². The first kappa shape index (κ1) is 59.5. The summed E-state index contributed by atoms with van der Waals surface area (Å²) >= 11 is 0. The minimum Gasteiger partial charge on any atom is -0.494 e. The number of hydrogen-bond donors (Lipinski definition) is 5. The van der Waals surface area contributed by atoms with Gasteiger partial charge >= 0.3 is 18.2 Å². The van der Waals surface area contributed by atoms with Crippen LogP contribution >= 0.6 is 0 Å². The largest absolute Gasteiger partial charge is 0.494 e. The van der Waals surface area contributed by atoms with Gasteiger partial charge in [-0.2, -0.15) is 0 Å². The highest BCUT2D eigenvalue weighted by molar-refractivity contribution is 7.90. The molecule has 2 saturated carbocycles. The van der Waals surface area contributed by atoms with Crippen molar-refractivity contribution in [3.8, 4) is 11.5 Å². The number of aliphatic carboxylic acids is 1. The number of nitrogens with two attached hydrogens (primary N) is 1. The highest BCUT2D eigenvalue weighted by Crippen LogP contribution is 2.46. The molecule has 0 unspecified atom stereocenters. The average Bonchev–Trinajstić information content (AvgIpc) is 4.16. The van der Waals surface area contributed by atoms with E-state index in [1.165, 1.54) is 36.4 Å². The summed E-state index contributed by atoms with van der Waals surface area (Å²) in [6.07, 6.45) is 16.4. The molecule has 0 aromatic heterocycles. The number of benzene rings is 2. The average molecular weight is 1000 g/mol. The third kappa shape index (κ3) is 21.3. The number of ether oxygens (including phenoxy) is 4. The van der Waals surface area contributed by atoms with Crippen LogP contribution < -0.4 is 30.0 Å². The van der Waals surface area contributed by atoms with Gasteiger partial charge in [-0.3, -0.25) is 4.79 Å². The van der Waals surface area contributed by atoms with Gasteiger partial charge in [-0.1, -0.05) is 62.1 Å². The highest BCUT2D eigenvalue weighted by Gasteiger charge is 2.62. The van der Waals surface area contributed by atoms with Gasteiger partial charge in [0.05, 0.1) is 23.0 Å². The summed E-state index contributed by atoms with van der Waals surface area (Å²) in [6, 6.07) is 12.2. The van der Waals surface area contributed by atoms with Gasteiger partial charge in [0.25, 0.3) is 15.9 Å².